The molecule has 11 heteroatoms. The maximum Gasteiger partial charge on any atom is 0.313 e. The molecule has 1 fully saturated rings. The molecule has 11 nitrogen and oxygen atoms in total. The molecular weight excluding hydrogens is 562 g/mol. The molecule has 3 rings (SSSR count). The number of amides is 2. The Hall–Kier alpha value is -3.70. The third kappa shape index (κ3) is 10.2. The van der Waals surface area contributed by atoms with E-state index in [9.17, 15) is 19.3 Å². The van der Waals surface area contributed by atoms with Crippen LogP contribution >= 0.6 is 0 Å². The quantitative estimate of drug-likeness (QED) is 0.241. The van der Waals surface area contributed by atoms with E-state index < -0.39 is 42.0 Å². The van der Waals surface area contributed by atoms with E-state index in [4.69, 9.17) is 14.5 Å². The van der Waals surface area contributed by atoms with E-state index in [1.807, 2.05) is 57.2 Å². The second-order valence-electron chi connectivity index (χ2n) is 12.5. The minimum atomic E-state index is -1.12. The number of nitrogens with one attached hydrogen (secondary N) is 2. The lowest BCUT2D eigenvalue weighted by Gasteiger charge is -2.33. The van der Waals surface area contributed by atoms with Gasteiger partial charge in [-0.05, 0) is 82.2 Å². The highest BCUT2D eigenvalue weighted by molar-refractivity contribution is 5.90. The van der Waals surface area contributed by atoms with E-state index in [-0.39, 0.29) is 11.5 Å². The van der Waals surface area contributed by atoms with Crippen molar-refractivity contribution in [1.82, 2.24) is 20.7 Å². The molecule has 0 spiro atoms. The van der Waals surface area contributed by atoms with Crippen LogP contribution in [0.15, 0.2) is 41.6 Å². The van der Waals surface area contributed by atoms with Crippen LogP contribution in [-0.4, -0.2) is 64.8 Å². The molecule has 2 N–H and O–H groups in total. The highest BCUT2D eigenvalue weighted by atomic mass is 16.5. The molecule has 44 heavy (non-hydrogen) atoms. The van der Waals surface area contributed by atoms with Crippen LogP contribution in [0.4, 0.5) is 0 Å². The van der Waals surface area contributed by atoms with Crippen molar-refractivity contribution in [2.45, 2.75) is 98.1 Å². The number of nitroso groups, excluding NO2 is 1. The second-order valence-corrected chi connectivity index (χ2v) is 12.5. The predicted octanol–water partition coefficient (Wildman–Crippen LogP) is 4.92. The number of fused-ring (bicyclic) bond motifs is 1. The van der Waals surface area contributed by atoms with Gasteiger partial charge < -0.3 is 14.8 Å². The number of carbonyl (C=O) groups is 3. The zero-order valence-corrected chi connectivity index (χ0v) is 27.0. The lowest BCUT2D eigenvalue weighted by molar-refractivity contribution is -0.162. The molecule has 2 amide bonds. The van der Waals surface area contributed by atoms with Crippen molar-refractivity contribution < 1.29 is 23.9 Å². The number of esters is 1. The lowest BCUT2D eigenvalue weighted by atomic mass is 10.0. The van der Waals surface area contributed by atoms with Gasteiger partial charge in [-0.15, -0.1) is 4.91 Å². The first kappa shape index (κ1) is 34.8. The Morgan fingerprint density at radius 1 is 1.18 bits per heavy atom. The maximum absolute atomic E-state index is 13.5. The van der Waals surface area contributed by atoms with E-state index in [1.54, 1.807) is 26.8 Å². The molecule has 0 saturated carbocycles. The number of hydrazine groups is 1. The van der Waals surface area contributed by atoms with Crippen LogP contribution in [-0.2, 0) is 30.3 Å². The number of nitrogens with zero attached hydrogens (tertiary/aromatic N) is 3. The van der Waals surface area contributed by atoms with Crippen LogP contribution in [0, 0.1) is 16.7 Å². The van der Waals surface area contributed by atoms with Crippen molar-refractivity contribution in [1.29, 1.82) is 0 Å². The summed E-state index contributed by atoms with van der Waals surface area (Å²) in [4.78, 5) is 55.4. The van der Waals surface area contributed by atoms with Gasteiger partial charge >= 0.3 is 5.97 Å². The number of benzene rings is 1. The van der Waals surface area contributed by atoms with Crippen molar-refractivity contribution >= 4 is 34.8 Å². The van der Waals surface area contributed by atoms with Crippen LogP contribution in [0.2, 0.25) is 0 Å². The highest BCUT2D eigenvalue weighted by Gasteiger charge is 2.33. The Kier molecular flexibility index (Phi) is 12.5. The van der Waals surface area contributed by atoms with Gasteiger partial charge in [0.15, 0.2) is 12.3 Å². The van der Waals surface area contributed by atoms with E-state index in [2.05, 4.69) is 22.8 Å². The standard InChI is InChI=1S/C33H47N5O6/c1-8-26-16-15-24-13-11-23(20-27(24)35-26)12-14-25(17-19-43-33(5,6)7)32(41)44-29(21(2)3)30(39)34-22(4)31(40)38-18-9-10-28(36-38)37-42/h11-16,20-22,25,28-29,36H,8-10,17-19H2,1-7H3,(H,34,39)/b14-12+. The Morgan fingerprint density at radius 2 is 1.91 bits per heavy atom. The van der Waals surface area contributed by atoms with Crippen molar-refractivity contribution in [3.63, 3.8) is 0 Å². The zero-order valence-electron chi connectivity index (χ0n) is 27.0. The highest BCUT2D eigenvalue weighted by Crippen LogP contribution is 2.20. The third-order valence-corrected chi connectivity index (χ3v) is 7.32. The topological polar surface area (TPSA) is 139 Å². The van der Waals surface area contributed by atoms with Gasteiger partial charge in [0.25, 0.3) is 11.8 Å². The van der Waals surface area contributed by atoms with E-state index in [0.29, 0.717) is 32.4 Å². The summed E-state index contributed by atoms with van der Waals surface area (Å²) < 4.78 is 11.7. The SMILES string of the molecule is CCc1ccc2ccc(/C=C/C(CCOC(C)(C)C)C(=O)OC(C(=O)NC(C)C(=O)N3CCCC(N=O)N3)C(C)C)cc2n1. The Balaban J connectivity index is 1.73. The summed E-state index contributed by atoms with van der Waals surface area (Å²) in [5.41, 5.74) is 5.15. The largest absolute Gasteiger partial charge is 0.452 e. The van der Waals surface area contributed by atoms with Gasteiger partial charge in [0.2, 0.25) is 0 Å². The monoisotopic (exact) mass is 609 g/mol. The van der Waals surface area contributed by atoms with Crippen LogP contribution in [0.3, 0.4) is 0 Å². The molecular formula is C33H47N5O6. The number of hydrogen-bond acceptors (Lipinski definition) is 9. The fourth-order valence-corrected chi connectivity index (χ4v) is 4.79. The van der Waals surface area contributed by atoms with Crippen LogP contribution in [0.5, 0.6) is 0 Å². The lowest BCUT2D eigenvalue weighted by Crippen LogP contribution is -2.58. The molecule has 240 valence electrons. The maximum atomic E-state index is 13.5. The first-order valence-corrected chi connectivity index (χ1v) is 15.4. The van der Waals surface area contributed by atoms with Crippen LogP contribution < -0.4 is 10.7 Å². The fraction of sp³-hybridized carbons (Fsp3) is 0.576. The molecule has 0 bridgehead atoms. The first-order valence-electron chi connectivity index (χ1n) is 15.4. The average Bonchev–Trinajstić information content (AvgIpc) is 2.99. The molecule has 0 radical (unpaired) electrons. The molecule has 2 aromatic rings. The van der Waals surface area contributed by atoms with E-state index >= 15 is 0 Å². The van der Waals surface area contributed by atoms with Crippen molar-refractivity contribution in [3.8, 4) is 0 Å². The summed E-state index contributed by atoms with van der Waals surface area (Å²) in [6.45, 7) is 13.7. The first-order chi connectivity index (χ1) is 20.8. The van der Waals surface area contributed by atoms with Gasteiger partial charge in [0, 0.05) is 24.2 Å². The minimum Gasteiger partial charge on any atom is -0.452 e. The van der Waals surface area contributed by atoms with Gasteiger partial charge in [-0.25, -0.2) is 5.43 Å². The number of aromatic nitrogens is 1. The number of aryl methyl sites for hydroxylation is 1. The smallest absolute Gasteiger partial charge is 0.313 e. The van der Waals surface area contributed by atoms with E-state index in [0.717, 1.165) is 28.6 Å². The summed E-state index contributed by atoms with van der Waals surface area (Å²) in [6.07, 6.45) is 4.18. The molecule has 1 aliphatic rings. The normalized spacial score (nSPS) is 17.8. The molecule has 1 saturated heterocycles. The minimum absolute atomic E-state index is 0.316. The number of carbonyl (C=O) groups excluding carboxylic acids is 3. The van der Waals surface area contributed by atoms with Crippen LogP contribution in [0.1, 0.15) is 79.0 Å². The number of pyridine rings is 1. The number of hydrogen-bond donors (Lipinski definition) is 2. The summed E-state index contributed by atoms with van der Waals surface area (Å²) in [5, 5.41) is 7.98. The molecule has 1 aromatic heterocycles. The number of ether oxygens (including phenoxy) is 2. The number of rotatable bonds is 13. The molecule has 2 heterocycles. The summed E-state index contributed by atoms with van der Waals surface area (Å²) in [7, 11) is 0. The van der Waals surface area contributed by atoms with Crippen molar-refractivity contribution in [2.24, 2.45) is 17.0 Å². The summed E-state index contributed by atoms with van der Waals surface area (Å²) in [5.74, 6) is -2.57. The Bertz CT molecular complexity index is 1340. The predicted molar refractivity (Wildman–Crippen MR) is 170 cm³/mol. The van der Waals surface area contributed by atoms with Crippen LogP contribution in [0.25, 0.3) is 17.0 Å². The average molecular weight is 610 g/mol. The van der Waals surface area contributed by atoms with Gasteiger partial charge in [-0.1, -0.05) is 51.1 Å². The fourth-order valence-electron chi connectivity index (χ4n) is 4.79. The zero-order chi connectivity index (χ0) is 32.4. The van der Waals surface area contributed by atoms with E-state index in [1.165, 1.54) is 5.01 Å². The Morgan fingerprint density at radius 3 is 2.57 bits per heavy atom. The van der Waals surface area contributed by atoms with Gasteiger partial charge in [-0.3, -0.25) is 24.4 Å². The molecule has 4 atom stereocenters. The Labute approximate surface area is 260 Å². The molecule has 4 unspecified atom stereocenters. The van der Waals surface area contributed by atoms with Gasteiger partial charge in [0.1, 0.15) is 6.04 Å². The third-order valence-electron chi connectivity index (χ3n) is 7.32. The molecule has 1 aromatic carbocycles. The summed E-state index contributed by atoms with van der Waals surface area (Å²) >= 11 is 0. The molecule has 1 aliphatic heterocycles. The van der Waals surface area contributed by atoms with Gasteiger partial charge in [0.05, 0.1) is 17.0 Å². The summed E-state index contributed by atoms with van der Waals surface area (Å²) in [6, 6.07) is 9.09. The molecule has 0 aliphatic carbocycles. The second kappa shape index (κ2) is 15.9. The van der Waals surface area contributed by atoms with Crippen molar-refractivity contribution in [3.05, 3.63) is 52.6 Å². The van der Waals surface area contributed by atoms with Crippen molar-refractivity contribution in [2.75, 3.05) is 13.2 Å². The van der Waals surface area contributed by atoms with Gasteiger partial charge in [-0.2, -0.15) is 0 Å².